The summed E-state index contributed by atoms with van der Waals surface area (Å²) in [4.78, 5) is 24.3. The van der Waals surface area contributed by atoms with Crippen LogP contribution in [0, 0.1) is 0 Å². The molecule has 1 heterocycles. The number of anilines is 1. The van der Waals surface area contributed by atoms with Gasteiger partial charge in [-0.3, -0.25) is 9.59 Å². The maximum absolute atomic E-state index is 12.2. The SMILES string of the molecule is COc1cccc(NC(=O)CSc2nnc(CNC(=O)/C=C/c3ccccc3Cl)n2C)c1. The van der Waals surface area contributed by atoms with Crippen LogP contribution in [0.5, 0.6) is 5.75 Å². The lowest BCUT2D eigenvalue weighted by molar-refractivity contribution is -0.116. The molecule has 2 aromatic carbocycles. The highest BCUT2D eigenvalue weighted by molar-refractivity contribution is 7.99. The van der Waals surface area contributed by atoms with Gasteiger partial charge in [0.15, 0.2) is 11.0 Å². The Morgan fingerprint density at radius 2 is 2.00 bits per heavy atom. The molecule has 8 nitrogen and oxygen atoms in total. The molecule has 32 heavy (non-hydrogen) atoms. The van der Waals surface area contributed by atoms with E-state index < -0.39 is 0 Å². The summed E-state index contributed by atoms with van der Waals surface area (Å²) in [7, 11) is 3.35. The first kappa shape index (κ1) is 23.4. The van der Waals surface area contributed by atoms with Crippen molar-refractivity contribution in [2.75, 3.05) is 18.2 Å². The molecule has 0 aliphatic carbocycles. The van der Waals surface area contributed by atoms with Crippen molar-refractivity contribution >= 4 is 46.9 Å². The molecule has 10 heteroatoms. The number of ether oxygens (including phenoxy) is 1. The van der Waals surface area contributed by atoms with E-state index in [1.807, 2.05) is 18.2 Å². The highest BCUT2D eigenvalue weighted by Crippen LogP contribution is 2.19. The van der Waals surface area contributed by atoms with Gasteiger partial charge in [0.1, 0.15) is 5.75 Å². The third kappa shape index (κ3) is 6.60. The van der Waals surface area contributed by atoms with E-state index in [0.717, 1.165) is 5.56 Å². The molecule has 0 unspecified atom stereocenters. The number of carbonyl (C=O) groups excluding carboxylic acids is 2. The van der Waals surface area contributed by atoms with Crippen LogP contribution in [0.2, 0.25) is 5.02 Å². The van der Waals surface area contributed by atoms with Crippen molar-refractivity contribution in [1.29, 1.82) is 0 Å². The van der Waals surface area contributed by atoms with Crippen LogP contribution in [0.15, 0.2) is 59.8 Å². The molecule has 0 aliphatic rings. The van der Waals surface area contributed by atoms with E-state index in [0.29, 0.717) is 27.4 Å². The number of hydrogen-bond donors (Lipinski definition) is 2. The second-order valence-electron chi connectivity index (χ2n) is 6.60. The Labute approximate surface area is 195 Å². The quantitative estimate of drug-likeness (QED) is 0.366. The topological polar surface area (TPSA) is 98.1 Å². The van der Waals surface area contributed by atoms with Gasteiger partial charge in [-0.2, -0.15) is 0 Å². The molecule has 0 bridgehead atoms. The highest BCUT2D eigenvalue weighted by Gasteiger charge is 2.12. The summed E-state index contributed by atoms with van der Waals surface area (Å²) in [5.74, 6) is 0.943. The zero-order valence-electron chi connectivity index (χ0n) is 17.5. The maximum Gasteiger partial charge on any atom is 0.244 e. The molecule has 0 saturated heterocycles. The summed E-state index contributed by atoms with van der Waals surface area (Å²) < 4.78 is 6.89. The first-order valence-electron chi connectivity index (χ1n) is 9.61. The van der Waals surface area contributed by atoms with Crippen molar-refractivity contribution in [2.24, 2.45) is 7.05 Å². The van der Waals surface area contributed by atoms with Crippen molar-refractivity contribution in [3.05, 3.63) is 71.0 Å². The lowest BCUT2D eigenvalue weighted by atomic mass is 10.2. The molecule has 0 fully saturated rings. The van der Waals surface area contributed by atoms with E-state index in [4.69, 9.17) is 16.3 Å². The van der Waals surface area contributed by atoms with E-state index >= 15 is 0 Å². The average Bonchev–Trinajstić information content (AvgIpc) is 3.15. The summed E-state index contributed by atoms with van der Waals surface area (Å²) >= 11 is 7.33. The van der Waals surface area contributed by atoms with Crippen LogP contribution in [0.4, 0.5) is 5.69 Å². The van der Waals surface area contributed by atoms with Gasteiger partial charge in [0, 0.05) is 29.9 Å². The monoisotopic (exact) mass is 471 g/mol. The van der Waals surface area contributed by atoms with Crippen LogP contribution in [0.1, 0.15) is 11.4 Å². The predicted octanol–water partition coefficient (Wildman–Crippen LogP) is 3.54. The summed E-state index contributed by atoms with van der Waals surface area (Å²) in [6.45, 7) is 0.200. The summed E-state index contributed by atoms with van der Waals surface area (Å²) in [5.41, 5.74) is 1.41. The number of hydrogen-bond acceptors (Lipinski definition) is 6. The van der Waals surface area contributed by atoms with Gasteiger partial charge in [0.2, 0.25) is 11.8 Å². The fraction of sp³-hybridized carbons (Fsp3) is 0.182. The van der Waals surface area contributed by atoms with Gasteiger partial charge in [-0.1, -0.05) is 47.6 Å². The molecular formula is C22H22ClN5O3S. The summed E-state index contributed by atoms with van der Waals surface area (Å²) in [6, 6.07) is 14.4. The molecule has 2 amide bonds. The number of benzene rings is 2. The molecule has 0 saturated carbocycles. The Morgan fingerprint density at radius 1 is 1.19 bits per heavy atom. The Kier molecular flexibility index (Phi) is 8.29. The molecule has 3 aromatic rings. The van der Waals surface area contributed by atoms with E-state index in [-0.39, 0.29) is 24.1 Å². The molecule has 0 aliphatic heterocycles. The second kappa shape index (κ2) is 11.4. The Hall–Kier alpha value is -3.30. The number of amides is 2. The zero-order chi connectivity index (χ0) is 22.9. The smallest absolute Gasteiger partial charge is 0.244 e. The average molecular weight is 472 g/mol. The van der Waals surface area contributed by atoms with Gasteiger partial charge >= 0.3 is 0 Å². The first-order chi connectivity index (χ1) is 15.5. The van der Waals surface area contributed by atoms with E-state index in [9.17, 15) is 9.59 Å². The molecule has 0 atom stereocenters. The van der Waals surface area contributed by atoms with Gasteiger partial charge in [-0.05, 0) is 29.8 Å². The molecular weight excluding hydrogens is 450 g/mol. The normalized spacial score (nSPS) is 10.8. The molecule has 1 aromatic heterocycles. The maximum atomic E-state index is 12.2. The lowest BCUT2D eigenvalue weighted by Crippen LogP contribution is -2.22. The number of thioether (sulfide) groups is 1. The number of carbonyl (C=O) groups is 2. The van der Waals surface area contributed by atoms with Crippen molar-refractivity contribution in [3.8, 4) is 5.75 Å². The van der Waals surface area contributed by atoms with Crippen LogP contribution in [-0.2, 0) is 23.2 Å². The van der Waals surface area contributed by atoms with E-state index in [2.05, 4.69) is 20.8 Å². The number of nitrogens with zero attached hydrogens (tertiary/aromatic N) is 3. The molecule has 0 radical (unpaired) electrons. The molecule has 2 N–H and O–H groups in total. The minimum atomic E-state index is -0.278. The fourth-order valence-electron chi connectivity index (χ4n) is 2.65. The van der Waals surface area contributed by atoms with Gasteiger partial charge in [-0.15, -0.1) is 10.2 Å². The van der Waals surface area contributed by atoms with Crippen molar-refractivity contribution < 1.29 is 14.3 Å². The number of rotatable bonds is 9. The first-order valence-corrected chi connectivity index (χ1v) is 11.0. The Bertz CT molecular complexity index is 1130. The largest absolute Gasteiger partial charge is 0.497 e. The van der Waals surface area contributed by atoms with Crippen molar-refractivity contribution in [1.82, 2.24) is 20.1 Å². The second-order valence-corrected chi connectivity index (χ2v) is 7.95. The van der Waals surface area contributed by atoms with Crippen LogP contribution in [0.25, 0.3) is 6.08 Å². The van der Waals surface area contributed by atoms with Crippen LogP contribution < -0.4 is 15.4 Å². The van der Waals surface area contributed by atoms with Crippen LogP contribution in [0.3, 0.4) is 0 Å². The van der Waals surface area contributed by atoms with Gasteiger partial charge in [0.25, 0.3) is 0 Å². The minimum Gasteiger partial charge on any atom is -0.497 e. The van der Waals surface area contributed by atoms with E-state index in [1.54, 1.807) is 55.1 Å². The Balaban J connectivity index is 1.48. The van der Waals surface area contributed by atoms with Crippen molar-refractivity contribution in [3.63, 3.8) is 0 Å². The number of halogens is 1. The number of nitrogens with one attached hydrogen (secondary N) is 2. The number of methoxy groups -OCH3 is 1. The minimum absolute atomic E-state index is 0.163. The molecule has 166 valence electrons. The Morgan fingerprint density at radius 3 is 2.78 bits per heavy atom. The van der Waals surface area contributed by atoms with Crippen LogP contribution >= 0.6 is 23.4 Å². The van der Waals surface area contributed by atoms with Crippen molar-refractivity contribution in [2.45, 2.75) is 11.7 Å². The molecule has 0 spiro atoms. The lowest BCUT2D eigenvalue weighted by Gasteiger charge is -2.07. The van der Waals surface area contributed by atoms with Gasteiger partial charge in [-0.25, -0.2) is 0 Å². The third-order valence-corrected chi connectivity index (χ3v) is 5.72. The predicted molar refractivity (Wildman–Crippen MR) is 126 cm³/mol. The van der Waals surface area contributed by atoms with E-state index in [1.165, 1.54) is 17.8 Å². The highest BCUT2D eigenvalue weighted by atomic mass is 35.5. The zero-order valence-corrected chi connectivity index (χ0v) is 19.1. The molecule has 3 rings (SSSR count). The number of aromatic nitrogens is 3. The van der Waals surface area contributed by atoms with Crippen LogP contribution in [-0.4, -0.2) is 39.4 Å². The standard InChI is InChI=1S/C22H22ClN5O3S/c1-28-19(13-24-20(29)11-10-15-6-3-4-9-18(15)23)26-27-22(28)32-14-21(30)25-16-7-5-8-17(12-16)31-2/h3-12H,13-14H2,1-2H3,(H,24,29)(H,25,30)/b11-10+. The summed E-state index contributed by atoms with van der Waals surface area (Å²) in [5, 5.41) is 14.9. The van der Waals surface area contributed by atoms with Gasteiger partial charge < -0.3 is 19.9 Å². The third-order valence-electron chi connectivity index (χ3n) is 4.35. The fourth-order valence-corrected chi connectivity index (χ4v) is 3.58. The van der Waals surface area contributed by atoms with Gasteiger partial charge in [0.05, 0.1) is 19.4 Å². The summed E-state index contributed by atoms with van der Waals surface area (Å²) in [6.07, 6.45) is 3.06.